The largest absolute Gasteiger partial charge is 0.338 e. The van der Waals surface area contributed by atoms with Crippen LogP contribution in [0.4, 0.5) is 0 Å². The monoisotopic (exact) mass is 219 g/mol. The lowest BCUT2D eigenvalue weighted by Crippen LogP contribution is -2.10. The molecule has 1 heterocycles. The lowest BCUT2D eigenvalue weighted by molar-refractivity contribution is 0.357. The van der Waals surface area contributed by atoms with E-state index in [4.69, 9.17) is 10.3 Å². The molecule has 0 spiro atoms. The van der Waals surface area contributed by atoms with Crippen LogP contribution in [-0.4, -0.2) is 24.8 Å². The van der Waals surface area contributed by atoms with Crippen molar-refractivity contribution in [2.45, 2.75) is 25.1 Å². The molecule has 0 aliphatic carbocycles. The van der Waals surface area contributed by atoms with E-state index in [1.54, 1.807) is 6.92 Å². The summed E-state index contributed by atoms with van der Waals surface area (Å²) in [7, 11) is -3.19. The highest BCUT2D eigenvalue weighted by Crippen LogP contribution is 2.18. The van der Waals surface area contributed by atoms with E-state index in [0.29, 0.717) is 0 Å². The number of rotatable bonds is 3. The lowest BCUT2D eigenvalue weighted by Gasteiger charge is -2.01. The van der Waals surface area contributed by atoms with Gasteiger partial charge in [0.1, 0.15) is 5.25 Å². The predicted molar refractivity (Wildman–Crippen MR) is 50.2 cm³/mol. The molecule has 14 heavy (non-hydrogen) atoms. The van der Waals surface area contributed by atoms with E-state index in [0.717, 1.165) is 6.26 Å². The van der Waals surface area contributed by atoms with Crippen LogP contribution in [0.25, 0.3) is 0 Å². The standard InChI is InChI=1S/C7H13N3O3S/c1-4(8)7-9-6(10-13-7)5(2)14(3,11)12/h4-5H,8H2,1-3H3/t4-,5?/m0/s1. The van der Waals surface area contributed by atoms with Gasteiger partial charge in [0.25, 0.3) is 0 Å². The molecule has 0 amide bonds. The number of aromatic nitrogens is 2. The van der Waals surface area contributed by atoms with Gasteiger partial charge in [0.2, 0.25) is 5.89 Å². The SMILES string of the molecule is CC(c1noc([C@H](C)N)n1)S(C)(=O)=O. The van der Waals surface area contributed by atoms with Crippen LogP contribution >= 0.6 is 0 Å². The average Bonchev–Trinajstić information content (AvgIpc) is 2.48. The van der Waals surface area contributed by atoms with Crippen LogP contribution in [-0.2, 0) is 9.84 Å². The molecule has 2 atom stereocenters. The summed E-state index contributed by atoms with van der Waals surface area (Å²) in [4.78, 5) is 3.89. The van der Waals surface area contributed by atoms with E-state index < -0.39 is 15.1 Å². The summed E-state index contributed by atoms with van der Waals surface area (Å²) in [5.74, 6) is 0.398. The van der Waals surface area contributed by atoms with Crippen molar-refractivity contribution in [3.63, 3.8) is 0 Å². The zero-order valence-corrected chi connectivity index (χ0v) is 9.08. The Labute approximate surface area is 82.4 Å². The first-order valence-corrected chi connectivity index (χ1v) is 6.05. The molecule has 1 aromatic rings. The van der Waals surface area contributed by atoms with Crippen molar-refractivity contribution < 1.29 is 12.9 Å². The zero-order valence-electron chi connectivity index (χ0n) is 8.26. The fraction of sp³-hybridized carbons (Fsp3) is 0.714. The van der Waals surface area contributed by atoms with E-state index in [1.807, 2.05) is 0 Å². The predicted octanol–water partition coefficient (Wildman–Crippen LogP) is 0.195. The van der Waals surface area contributed by atoms with Crippen LogP contribution in [0.3, 0.4) is 0 Å². The Kier molecular flexibility index (Phi) is 2.91. The smallest absolute Gasteiger partial charge is 0.243 e. The molecular formula is C7H13N3O3S. The highest BCUT2D eigenvalue weighted by atomic mass is 32.2. The van der Waals surface area contributed by atoms with Crippen molar-refractivity contribution in [1.29, 1.82) is 0 Å². The molecule has 80 valence electrons. The quantitative estimate of drug-likeness (QED) is 0.779. The molecule has 6 nitrogen and oxygen atoms in total. The van der Waals surface area contributed by atoms with E-state index in [-0.39, 0.29) is 17.8 Å². The average molecular weight is 219 g/mol. The van der Waals surface area contributed by atoms with Crippen molar-refractivity contribution >= 4 is 9.84 Å². The lowest BCUT2D eigenvalue weighted by atomic mass is 10.4. The third kappa shape index (κ3) is 2.30. The van der Waals surface area contributed by atoms with Gasteiger partial charge in [-0.25, -0.2) is 8.42 Å². The third-order valence-corrected chi connectivity index (χ3v) is 3.35. The Morgan fingerprint density at radius 3 is 2.36 bits per heavy atom. The summed E-state index contributed by atoms with van der Waals surface area (Å²) < 4.78 is 27.1. The zero-order chi connectivity index (χ0) is 10.9. The van der Waals surface area contributed by atoms with Gasteiger partial charge in [0.15, 0.2) is 15.7 Å². The van der Waals surface area contributed by atoms with Crippen molar-refractivity contribution in [2.24, 2.45) is 5.73 Å². The van der Waals surface area contributed by atoms with E-state index >= 15 is 0 Å². The number of nitrogens with two attached hydrogens (primary N) is 1. The number of sulfone groups is 1. The first-order valence-electron chi connectivity index (χ1n) is 4.10. The van der Waals surface area contributed by atoms with E-state index in [2.05, 4.69) is 10.1 Å². The van der Waals surface area contributed by atoms with Gasteiger partial charge >= 0.3 is 0 Å². The van der Waals surface area contributed by atoms with Crippen LogP contribution in [0.5, 0.6) is 0 Å². The van der Waals surface area contributed by atoms with Crippen molar-refractivity contribution in [2.75, 3.05) is 6.26 Å². The van der Waals surface area contributed by atoms with Gasteiger partial charge in [-0.15, -0.1) is 0 Å². The van der Waals surface area contributed by atoms with Gasteiger partial charge in [-0.2, -0.15) is 4.98 Å². The second-order valence-electron chi connectivity index (χ2n) is 3.25. The number of nitrogens with zero attached hydrogens (tertiary/aromatic N) is 2. The maximum Gasteiger partial charge on any atom is 0.243 e. The maximum absolute atomic E-state index is 11.2. The second kappa shape index (κ2) is 3.66. The Bertz CT molecular complexity index is 410. The molecule has 1 aromatic heterocycles. The van der Waals surface area contributed by atoms with Crippen LogP contribution in [0.1, 0.15) is 36.9 Å². The van der Waals surface area contributed by atoms with Crippen LogP contribution in [0, 0.1) is 0 Å². The molecule has 1 unspecified atom stereocenters. The molecule has 2 N–H and O–H groups in total. The maximum atomic E-state index is 11.2. The van der Waals surface area contributed by atoms with Gasteiger partial charge in [0, 0.05) is 6.26 Å². The summed E-state index contributed by atoms with van der Waals surface area (Å²) in [6.07, 6.45) is 1.12. The first-order chi connectivity index (χ1) is 6.32. The van der Waals surface area contributed by atoms with Crippen molar-refractivity contribution in [1.82, 2.24) is 10.1 Å². The molecule has 1 rings (SSSR count). The molecular weight excluding hydrogens is 206 g/mol. The Morgan fingerprint density at radius 1 is 1.43 bits per heavy atom. The summed E-state index contributed by atoms with van der Waals surface area (Å²) in [5.41, 5.74) is 5.49. The Hall–Kier alpha value is -0.950. The van der Waals surface area contributed by atoms with Gasteiger partial charge < -0.3 is 10.3 Å². The molecule has 7 heteroatoms. The molecule has 0 aliphatic heterocycles. The highest BCUT2D eigenvalue weighted by molar-refractivity contribution is 7.90. The first kappa shape index (κ1) is 11.1. The Balaban J connectivity index is 2.98. The minimum Gasteiger partial charge on any atom is -0.338 e. The molecule has 0 aromatic carbocycles. The second-order valence-corrected chi connectivity index (χ2v) is 5.62. The van der Waals surface area contributed by atoms with E-state index in [1.165, 1.54) is 6.92 Å². The van der Waals surface area contributed by atoms with Crippen molar-refractivity contribution in [3.05, 3.63) is 11.7 Å². The third-order valence-electron chi connectivity index (χ3n) is 1.85. The fourth-order valence-corrected chi connectivity index (χ4v) is 1.27. The molecule has 0 bridgehead atoms. The Morgan fingerprint density at radius 2 is 2.00 bits per heavy atom. The van der Waals surface area contributed by atoms with Crippen molar-refractivity contribution in [3.8, 4) is 0 Å². The van der Waals surface area contributed by atoms with Gasteiger partial charge in [-0.05, 0) is 13.8 Å². The molecule has 0 aliphatic rings. The minimum atomic E-state index is -3.19. The summed E-state index contributed by atoms with van der Waals surface area (Å²) in [5, 5.41) is 2.79. The molecule has 0 radical (unpaired) electrons. The molecule has 0 fully saturated rings. The van der Waals surface area contributed by atoms with Gasteiger partial charge in [0.05, 0.1) is 6.04 Å². The summed E-state index contributed by atoms with van der Waals surface area (Å²) >= 11 is 0. The highest BCUT2D eigenvalue weighted by Gasteiger charge is 2.23. The summed E-state index contributed by atoms with van der Waals surface area (Å²) in [6, 6.07) is -0.386. The number of hydrogen-bond acceptors (Lipinski definition) is 6. The van der Waals surface area contributed by atoms with Gasteiger partial charge in [-0.1, -0.05) is 5.16 Å². The molecule has 0 saturated carbocycles. The number of hydrogen-bond donors (Lipinski definition) is 1. The van der Waals surface area contributed by atoms with Crippen LogP contribution in [0.15, 0.2) is 4.52 Å². The fourth-order valence-electron chi connectivity index (χ4n) is 0.789. The normalized spacial score (nSPS) is 16.6. The van der Waals surface area contributed by atoms with Gasteiger partial charge in [-0.3, -0.25) is 0 Å². The summed E-state index contributed by atoms with van der Waals surface area (Å²) in [6.45, 7) is 3.19. The minimum absolute atomic E-state index is 0.153. The van der Waals surface area contributed by atoms with E-state index in [9.17, 15) is 8.42 Å². The molecule has 0 saturated heterocycles. The van der Waals surface area contributed by atoms with Crippen LogP contribution < -0.4 is 5.73 Å². The van der Waals surface area contributed by atoms with Crippen LogP contribution in [0.2, 0.25) is 0 Å². The topological polar surface area (TPSA) is 99.1 Å².